The molecule has 0 saturated heterocycles. The van der Waals surface area contributed by atoms with Gasteiger partial charge in [0.15, 0.2) is 21.4 Å². The van der Waals surface area contributed by atoms with E-state index in [2.05, 4.69) is 0 Å². The van der Waals surface area contributed by atoms with Gasteiger partial charge >= 0.3 is 0 Å². The van der Waals surface area contributed by atoms with Gasteiger partial charge in [-0.05, 0) is 36.8 Å². The molecule has 1 aliphatic rings. The zero-order valence-corrected chi connectivity index (χ0v) is 15.4. The van der Waals surface area contributed by atoms with E-state index in [4.69, 9.17) is 0 Å². The summed E-state index contributed by atoms with van der Waals surface area (Å²) in [6.45, 7) is 1.59. The van der Waals surface area contributed by atoms with Crippen LogP contribution in [0.15, 0.2) is 77.7 Å². The predicted molar refractivity (Wildman–Crippen MR) is 102 cm³/mol. The molecule has 4 rings (SSSR count). The van der Waals surface area contributed by atoms with E-state index >= 15 is 0 Å². The number of benzene rings is 3. The maximum atomic E-state index is 12.9. The smallest absolute Gasteiger partial charge is 0.194 e. The van der Waals surface area contributed by atoms with Crippen molar-refractivity contribution in [2.75, 3.05) is 0 Å². The molecular formula is C22H16O4S. The van der Waals surface area contributed by atoms with Gasteiger partial charge in [-0.3, -0.25) is 9.59 Å². The second-order valence-electron chi connectivity index (χ2n) is 6.51. The van der Waals surface area contributed by atoms with Gasteiger partial charge in [0.25, 0.3) is 0 Å². The molecule has 27 heavy (non-hydrogen) atoms. The molecule has 0 spiro atoms. The summed E-state index contributed by atoms with van der Waals surface area (Å²) in [5.74, 6) is -0.475. The Morgan fingerprint density at radius 2 is 1.19 bits per heavy atom. The minimum Gasteiger partial charge on any atom is -0.289 e. The van der Waals surface area contributed by atoms with Crippen molar-refractivity contribution in [1.29, 1.82) is 0 Å². The average Bonchev–Trinajstić information content (AvgIpc) is 2.71. The fourth-order valence-electron chi connectivity index (χ4n) is 3.36. The Bertz CT molecular complexity index is 1180. The maximum Gasteiger partial charge on any atom is 0.194 e. The molecule has 134 valence electrons. The summed E-state index contributed by atoms with van der Waals surface area (Å²) >= 11 is 0. The van der Waals surface area contributed by atoms with Crippen LogP contribution in [0.25, 0.3) is 0 Å². The molecule has 0 aliphatic heterocycles. The van der Waals surface area contributed by atoms with Crippen molar-refractivity contribution in [3.8, 4) is 0 Å². The van der Waals surface area contributed by atoms with Gasteiger partial charge in [0.05, 0.1) is 10.1 Å². The number of ketones is 2. The molecule has 4 nitrogen and oxygen atoms in total. The van der Waals surface area contributed by atoms with Crippen LogP contribution < -0.4 is 0 Å². The lowest BCUT2D eigenvalue weighted by molar-refractivity contribution is 0.0979. The van der Waals surface area contributed by atoms with Gasteiger partial charge in [-0.15, -0.1) is 0 Å². The largest absolute Gasteiger partial charge is 0.289 e. The van der Waals surface area contributed by atoms with Crippen LogP contribution in [-0.4, -0.2) is 20.0 Å². The molecule has 0 heterocycles. The molecule has 0 saturated carbocycles. The Balaban J connectivity index is 1.80. The van der Waals surface area contributed by atoms with Crippen LogP contribution in [0.4, 0.5) is 0 Å². The van der Waals surface area contributed by atoms with Crippen molar-refractivity contribution in [3.63, 3.8) is 0 Å². The van der Waals surface area contributed by atoms with Crippen LogP contribution >= 0.6 is 0 Å². The molecule has 1 unspecified atom stereocenters. The Hall–Kier alpha value is -3.05. The third-order valence-corrected chi connectivity index (χ3v) is 7.09. The predicted octanol–water partition coefficient (Wildman–Crippen LogP) is 4.00. The standard InChI is InChI=1S/C22H16O4S/c1-14(27(25,26)16-7-3-2-4-8-16)15-11-12-19-20(13-15)22(24)18-10-6-5-9-17(18)21(19)23/h2-14H,1H3. The molecule has 5 heteroatoms. The molecule has 0 N–H and O–H groups in total. The second kappa shape index (κ2) is 6.28. The minimum absolute atomic E-state index is 0.217. The number of rotatable bonds is 3. The lowest BCUT2D eigenvalue weighted by Gasteiger charge is -2.20. The van der Waals surface area contributed by atoms with E-state index in [0.717, 1.165) is 0 Å². The molecule has 0 amide bonds. The Labute approximate surface area is 157 Å². The number of hydrogen-bond donors (Lipinski definition) is 0. The highest BCUT2D eigenvalue weighted by Crippen LogP contribution is 2.33. The van der Waals surface area contributed by atoms with Crippen LogP contribution in [0.2, 0.25) is 0 Å². The first-order valence-corrected chi connectivity index (χ1v) is 10.1. The number of sulfone groups is 1. The van der Waals surface area contributed by atoms with Crippen molar-refractivity contribution in [3.05, 3.63) is 101 Å². The first-order chi connectivity index (χ1) is 12.9. The normalized spacial score (nSPS) is 14.4. The van der Waals surface area contributed by atoms with Crippen molar-refractivity contribution in [1.82, 2.24) is 0 Å². The number of hydrogen-bond acceptors (Lipinski definition) is 4. The minimum atomic E-state index is -3.61. The highest BCUT2D eigenvalue weighted by Gasteiger charge is 2.31. The molecule has 0 bridgehead atoms. The van der Waals surface area contributed by atoms with Crippen LogP contribution in [0, 0.1) is 0 Å². The number of fused-ring (bicyclic) bond motifs is 2. The zero-order valence-electron chi connectivity index (χ0n) is 14.5. The summed E-state index contributed by atoms with van der Waals surface area (Å²) < 4.78 is 25.8. The summed E-state index contributed by atoms with van der Waals surface area (Å²) in [6.07, 6.45) is 0. The lowest BCUT2D eigenvalue weighted by atomic mass is 9.83. The first kappa shape index (κ1) is 17.4. The highest BCUT2D eigenvalue weighted by molar-refractivity contribution is 7.91. The topological polar surface area (TPSA) is 68.3 Å². The van der Waals surface area contributed by atoms with Crippen LogP contribution in [0.3, 0.4) is 0 Å². The number of carbonyl (C=O) groups excluding carboxylic acids is 2. The molecule has 0 aromatic heterocycles. The van der Waals surface area contributed by atoms with E-state index in [-0.39, 0.29) is 22.0 Å². The van der Waals surface area contributed by atoms with Crippen molar-refractivity contribution >= 4 is 21.4 Å². The van der Waals surface area contributed by atoms with E-state index in [1.54, 1.807) is 73.7 Å². The third kappa shape index (κ3) is 2.71. The summed E-state index contributed by atoms with van der Waals surface area (Å²) in [4.78, 5) is 25.8. The van der Waals surface area contributed by atoms with Gasteiger partial charge in [-0.25, -0.2) is 8.42 Å². The fourth-order valence-corrected chi connectivity index (χ4v) is 4.81. The van der Waals surface area contributed by atoms with E-state index in [0.29, 0.717) is 22.3 Å². The molecule has 0 radical (unpaired) electrons. The van der Waals surface area contributed by atoms with Gasteiger partial charge < -0.3 is 0 Å². The Kier molecular flexibility index (Phi) is 4.04. The van der Waals surface area contributed by atoms with E-state index in [1.807, 2.05) is 0 Å². The highest BCUT2D eigenvalue weighted by atomic mass is 32.2. The fraction of sp³-hybridized carbons (Fsp3) is 0.0909. The summed E-state index contributed by atoms with van der Waals surface area (Å²) in [5.41, 5.74) is 1.79. The monoisotopic (exact) mass is 376 g/mol. The summed E-state index contributed by atoms with van der Waals surface area (Å²) in [7, 11) is -3.61. The van der Waals surface area contributed by atoms with E-state index in [9.17, 15) is 18.0 Å². The Morgan fingerprint density at radius 3 is 1.81 bits per heavy atom. The van der Waals surface area contributed by atoms with Gasteiger partial charge in [0.2, 0.25) is 0 Å². The van der Waals surface area contributed by atoms with E-state index < -0.39 is 15.1 Å². The molecule has 0 fully saturated rings. The van der Waals surface area contributed by atoms with Crippen LogP contribution in [0.5, 0.6) is 0 Å². The van der Waals surface area contributed by atoms with Crippen molar-refractivity contribution in [2.45, 2.75) is 17.1 Å². The quantitative estimate of drug-likeness (QED) is 0.542. The van der Waals surface area contributed by atoms with E-state index in [1.165, 1.54) is 6.07 Å². The van der Waals surface area contributed by atoms with Crippen LogP contribution in [-0.2, 0) is 9.84 Å². The van der Waals surface area contributed by atoms with Gasteiger partial charge in [0, 0.05) is 22.3 Å². The maximum absolute atomic E-state index is 12.9. The lowest BCUT2D eigenvalue weighted by Crippen LogP contribution is -2.21. The molecule has 3 aromatic rings. The zero-order chi connectivity index (χ0) is 19.2. The van der Waals surface area contributed by atoms with Crippen molar-refractivity contribution in [2.24, 2.45) is 0 Å². The first-order valence-electron chi connectivity index (χ1n) is 8.52. The van der Waals surface area contributed by atoms with Crippen LogP contribution in [0.1, 0.15) is 49.6 Å². The van der Waals surface area contributed by atoms with Gasteiger partial charge in [-0.1, -0.05) is 48.5 Å². The molecule has 1 atom stereocenters. The second-order valence-corrected chi connectivity index (χ2v) is 8.78. The van der Waals surface area contributed by atoms with Crippen molar-refractivity contribution < 1.29 is 18.0 Å². The third-order valence-electron chi connectivity index (χ3n) is 4.96. The molecule has 1 aliphatic carbocycles. The Morgan fingerprint density at radius 1 is 0.667 bits per heavy atom. The average molecular weight is 376 g/mol. The SMILES string of the molecule is CC(c1ccc2c(c1)C(=O)c1ccccc1C2=O)S(=O)(=O)c1ccccc1. The number of carbonyl (C=O) groups is 2. The van der Waals surface area contributed by atoms with Gasteiger partial charge in [-0.2, -0.15) is 0 Å². The van der Waals surface area contributed by atoms with Gasteiger partial charge in [0.1, 0.15) is 0 Å². The summed E-state index contributed by atoms with van der Waals surface area (Å²) in [6, 6.07) is 19.6. The summed E-state index contributed by atoms with van der Waals surface area (Å²) in [5, 5.41) is -0.842. The molecular weight excluding hydrogens is 360 g/mol. The molecule has 3 aromatic carbocycles.